The summed E-state index contributed by atoms with van der Waals surface area (Å²) < 4.78 is 5.60. The molecular formula is C15H16N2O2S. The van der Waals surface area contributed by atoms with Gasteiger partial charge >= 0.3 is 0 Å². The van der Waals surface area contributed by atoms with Crippen LogP contribution in [0.1, 0.15) is 29.8 Å². The number of rotatable bonds is 6. The number of nitrogens with zero attached hydrogens (tertiary/aromatic N) is 2. The van der Waals surface area contributed by atoms with E-state index in [1.807, 2.05) is 19.1 Å². The third-order valence-electron chi connectivity index (χ3n) is 2.68. The molecule has 1 aromatic carbocycles. The van der Waals surface area contributed by atoms with Gasteiger partial charge in [0.05, 0.1) is 12.8 Å². The lowest BCUT2D eigenvalue weighted by Gasteiger charge is -2.11. The molecule has 2 aromatic rings. The van der Waals surface area contributed by atoms with Crippen LogP contribution in [0, 0.1) is 0 Å². The molecule has 0 aliphatic heterocycles. The van der Waals surface area contributed by atoms with Crippen molar-refractivity contribution in [3.8, 4) is 5.75 Å². The van der Waals surface area contributed by atoms with Gasteiger partial charge in [0.15, 0.2) is 5.78 Å². The second-order valence-electron chi connectivity index (χ2n) is 4.14. The van der Waals surface area contributed by atoms with Crippen LogP contribution in [-0.2, 0) is 5.75 Å². The Hall–Kier alpha value is -1.88. The smallest absolute Gasteiger partial charge is 0.159 e. The molecule has 0 N–H and O–H groups in total. The Labute approximate surface area is 122 Å². The molecule has 20 heavy (non-hydrogen) atoms. The van der Waals surface area contributed by atoms with Gasteiger partial charge in [-0.05, 0) is 32.0 Å². The quantitative estimate of drug-likeness (QED) is 0.602. The zero-order valence-corrected chi connectivity index (χ0v) is 12.3. The lowest BCUT2D eigenvalue weighted by atomic mass is 10.1. The summed E-state index contributed by atoms with van der Waals surface area (Å²) in [4.78, 5) is 19.7. The van der Waals surface area contributed by atoms with E-state index in [2.05, 4.69) is 9.97 Å². The molecule has 2 rings (SSSR count). The highest BCUT2D eigenvalue weighted by atomic mass is 32.2. The number of carbonyl (C=O) groups excluding carboxylic acids is 1. The average molecular weight is 288 g/mol. The third-order valence-corrected chi connectivity index (χ3v) is 3.64. The van der Waals surface area contributed by atoms with E-state index in [0.29, 0.717) is 17.9 Å². The Morgan fingerprint density at radius 3 is 2.85 bits per heavy atom. The number of thioether (sulfide) groups is 1. The van der Waals surface area contributed by atoms with E-state index < -0.39 is 0 Å². The van der Waals surface area contributed by atoms with E-state index >= 15 is 0 Å². The van der Waals surface area contributed by atoms with Crippen molar-refractivity contribution in [2.45, 2.75) is 24.6 Å². The predicted octanol–water partition coefficient (Wildman–Crippen LogP) is 3.37. The fourth-order valence-electron chi connectivity index (χ4n) is 1.72. The molecule has 5 heteroatoms. The summed E-state index contributed by atoms with van der Waals surface area (Å²) in [6.07, 6.45) is 5.03. The summed E-state index contributed by atoms with van der Waals surface area (Å²) in [7, 11) is 0. The Balaban J connectivity index is 2.19. The summed E-state index contributed by atoms with van der Waals surface area (Å²) in [6, 6.07) is 5.54. The number of ketones is 1. The Morgan fingerprint density at radius 1 is 1.35 bits per heavy atom. The molecule has 0 aliphatic carbocycles. The third kappa shape index (κ3) is 3.81. The van der Waals surface area contributed by atoms with Gasteiger partial charge in [0.1, 0.15) is 10.8 Å². The van der Waals surface area contributed by atoms with Gasteiger partial charge in [-0.15, -0.1) is 0 Å². The lowest BCUT2D eigenvalue weighted by molar-refractivity contribution is 0.101. The summed E-state index contributed by atoms with van der Waals surface area (Å²) in [5, 5.41) is 0.850. The molecule has 1 aromatic heterocycles. The second kappa shape index (κ2) is 7.05. The van der Waals surface area contributed by atoms with Crippen LogP contribution in [0.5, 0.6) is 5.75 Å². The van der Waals surface area contributed by atoms with Crippen molar-refractivity contribution in [2.75, 3.05) is 6.61 Å². The van der Waals surface area contributed by atoms with Gasteiger partial charge in [-0.2, -0.15) is 0 Å². The van der Waals surface area contributed by atoms with Gasteiger partial charge in [0.25, 0.3) is 0 Å². The van der Waals surface area contributed by atoms with E-state index in [4.69, 9.17) is 4.74 Å². The number of Topliss-reactive ketones (excluding diaryl/α,β-unsaturated/α-hetero) is 1. The van der Waals surface area contributed by atoms with E-state index in [0.717, 1.165) is 16.3 Å². The molecule has 0 fully saturated rings. The highest BCUT2D eigenvalue weighted by molar-refractivity contribution is 7.98. The van der Waals surface area contributed by atoms with Gasteiger partial charge in [-0.1, -0.05) is 11.8 Å². The number of carbonyl (C=O) groups is 1. The molecule has 0 amide bonds. The van der Waals surface area contributed by atoms with E-state index in [1.165, 1.54) is 0 Å². The van der Waals surface area contributed by atoms with Crippen LogP contribution in [0.3, 0.4) is 0 Å². The van der Waals surface area contributed by atoms with Crippen molar-refractivity contribution in [1.29, 1.82) is 0 Å². The SMILES string of the molecule is CCOc1ccc(C(C)=O)cc1CSc1cnccn1. The number of hydrogen-bond acceptors (Lipinski definition) is 5. The summed E-state index contributed by atoms with van der Waals surface area (Å²) in [5.41, 5.74) is 1.69. The Kier molecular flexibility index (Phi) is 5.12. The maximum atomic E-state index is 11.5. The molecule has 0 radical (unpaired) electrons. The van der Waals surface area contributed by atoms with Crippen molar-refractivity contribution in [2.24, 2.45) is 0 Å². The maximum Gasteiger partial charge on any atom is 0.159 e. The standard InChI is InChI=1S/C15H16N2O2S/c1-3-19-14-5-4-12(11(2)18)8-13(14)10-20-15-9-16-6-7-17-15/h4-9H,3,10H2,1-2H3. The van der Waals surface area contributed by atoms with Crippen molar-refractivity contribution in [3.63, 3.8) is 0 Å². The first kappa shape index (κ1) is 14.5. The molecule has 0 saturated carbocycles. The monoisotopic (exact) mass is 288 g/mol. The molecule has 1 heterocycles. The van der Waals surface area contributed by atoms with Gasteiger partial charge in [-0.3, -0.25) is 9.78 Å². The summed E-state index contributed by atoms with van der Waals surface area (Å²) in [6.45, 7) is 4.11. The highest BCUT2D eigenvalue weighted by Gasteiger charge is 2.08. The lowest BCUT2D eigenvalue weighted by Crippen LogP contribution is -1.99. The van der Waals surface area contributed by atoms with Gasteiger partial charge in [0, 0.05) is 29.3 Å². The van der Waals surface area contributed by atoms with Crippen LogP contribution < -0.4 is 4.74 Å². The van der Waals surface area contributed by atoms with E-state index in [9.17, 15) is 4.79 Å². The van der Waals surface area contributed by atoms with Gasteiger partial charge in [-0.25, -0.2) is 4.98 Å². The number of benzene rings is 1. The van der Waals surface area contributed by atoms with Crippen LogP contribution >= 0.6 is 11.8 Å². The topological polar surface area (TPSA) is 52.1 Å². The first-order valence-electron chi connectivity index (χ1n) is 6.36. The summed E-state index contributed by atoms with van der Waals surface area (Å²) >= 11 is 1.57. The second-order valence-corrected chi connectivity index (χ2v) is 5.14. The van der Waals surface area contributed by atoms with Gasteiger partial charge < -0.3 is 4.74 Å². The van der Waals surface area contributed by atoms with E-state index in [-0.39, 0.29) is 5.78 Å². The van der Waals surface area contributed by atoms with Crippen molar-refractivity contribution in [1.82, 2.24) is 9.97 Å². The van der Waals surface area contributed by atoms with Crippen molar-refractivity contribution < 1.29 is 9.53 Å². The first-order chi connectivity index (χ1) is 9.70. The van der Waals surface area contributed by atoms with Crippen LogP contribution in [0.15, 0.2) is 41.8 Å². The minimum Gasteiger partial charge on any atom is -0.494 e. The molecule has 4 nitrogen and oxygen atoms in total. The number of ether oxygens (including phenoxy) is 1. The van der Waals surface area contributed by atoms with Crippen molar-refractivity contribution in [3.05, 3.63) is 47.9 Å². The molecular weight excluding hydrogens is 272 g/mol. The average Bonchev–Trinajstić information content (AvgIpc) is 2.47. The zero-order chi connectivity index (χ0) is 14.4. The molecule has 0 aliphatic rings. The van der Waals surface area contributed by atoms with Crippen LogP contribution in [0.4, 0.5) is 0 Å². The fraction of sp³-hybridized carbons (Fsp3) is 0.267. The highest BCUT2D eigenvalue weighted by Crippen LogP contribution is 2.28. The molecule has 0 spiro atoms. The largest absolute Gasteiger partial charge is 0.494 e. The fourth-order valence-corrected chi connectivity index (χ4v) is 2.52. The maximum absolute atomic E-state index is 11.5. The summed E-state index contributed by atoms with van der Waals surface area (Å²) in [5.74, 6) is 1.56. The normalized spacial score (nSPS) is 10.3. The molecule has 104 valence electrons. The van der Waals surface area contributed by atoms with Crippen LogP contribution in [-0.4, -0.2) is 22.4 Å². The number of hydrogen-bond donors (Lipinski definition) is 0. The minimum absolute atomic E-state index is 0.0544. The molecule has 0 bridgehead atoms. The minimum atomic E-state index is 0.0544. The van der Waals surface area contributed by atoms with Crippen molar-refractivity contribution >= 4 is 17.5 Å². The molecule has 0 saturated heterocycles. The Bertz CT molecular complexity index is 588. The molecule has 0 atom stereocenters. The number of aromatic nitrogens is 2. The Morgan fingerprint density at radius 2 is 2.20 bits per heavy atom. The first-order valence-corrected chi connectivity index (χ1v) is 7.34. The molecule has 0 unspecified atom stereocenters. The zero-order valence-electron chi connectivity index (χ0n) is 11.5. The van der Waals surface area contributed by atoms with Crippen LogP contribution in [0.2, 0.25) is 0 Å². The predicted molar refractivity (Wildman–Crippen MR) is 79.2 cm³/mol. The van der Waals surface area contributed by atoms with Gasteiger partial charge in [0.2, 0.25) is 0 Å². The van der Waals surface area contributed by atoms with E-state index in [1.54, 1.807) is 43.3 Å². The van der Waals surface area contributed by atoms with Crippen LogP contribution in [0.25, 0.3) is 0 Å².